The Morgan fingerprint density at radius 1 is 1.04 bits per heavy atom. The van der Waals surface area contributed by atoms with Crippen LogP contribution in [0.1, 0.15) is 19.8 Å². The summed E-state index contributed by atoms with van der Waals surface area (Å²) < 4.78 is 11.0. The third-order valence-corrected chi connectivity index (χ3v) is 4.76. The molecule has 0 radical (unpaired) electrons. The quantitative estimate of drug-likeness (QED) is 0.740. The number of hydrogen-bond acceptors (Lipinski definition) is 5. The van der Waals surface area contributed by atoms with E-state index in [-0.39, 0.29) is 24.3 Å². The molecule has 148 valence electrons. The number of carbonyl (C=O) groups excluding carboxylic acids is 2. The zero-order valence-electron chi connectivity index (χ0n) is 16.1. The number of benzene rings is 2. The van der Waals surface area contributed by atoms with Crippen molar-refractivity contribution in [3.8, 4) is 11.5 Å². The van der Waals surface area contributed by atoms with Gasteiger partial charge in [-0.25, -0.2) is 0 Å². The van der Waals surface area contributed by atoms with Crippen molar-refractivity contribution in [2.24, 2.45) is 5.92 Å². The molecule has 0 bridgehead atoms. The highest BCUT2D eigenvalue weighted by molar-refractivity contribution is 5.82. The Labute approximate surface area is 165 Å². The maximum atomic E-state index is 12.5. The first kappa shape index (κ1) is 19.7. The maximum Gasteiger partial charge on any atom is 0.309 e. The number of ether oxygens (including phenoxy) is 2. The predicted octanol–water partition coefficient (Wildman–Crippen LogP) is 3.69. The fourth-order valence-electron chi connectivity index (χ4n) is 3.22. The monoisotopic (exact) mass is 382 g/mol. The summed E-state index contributed by atoms with van der Waals surface area (Å²) in [5, 5.41) is 3.18. The van der Waals surface area contributed by atoms with Gasteiger partial charge >= 0.3 is 5.97 Å². The third-order valence-electron chi connectivity index (χ3n) is 4.76. The standard InChI is InChI=1S/C22H26N2O4/c1-2-27-22(26)17-12-14-24(15-13-17)21(25)16-23-19-10-6-7-11-20(19)28-18-8-4-3-5-9-18/h3-11,17,23H,2,12-16H2,1H3. The van der Waals surface area contributed by atoms with Crippen LogP contribution in [0.2, 0.25) is 0 Å². The van der Waals surface area contributed by atoms with Crippen molar-refractivity contribution in [2.45, 2.75) is 19.8 Å². The second kappa shape index (κ2) is 9.78. The molecule has 2 aromatic carbocycles. The van der Waals surface area contributed by atoms with Gasteiger partial charge in [-0.15, -0.1) is 0 Å². The van der Waals surface area contributed by atoms with Gasteiger partial charge in [0.15, 0.2) is 5.75 Å². The van der Waals surface area contributed by atoms with E-state index < -0.39 is 0 Å². The lowest BCUT2D eigenvalue weighted by atomic mass is 9.97. The van der Waals surface area contributed by atoms with E-state index in [1.165, 1.54) is 0 Å². The van der Waals surface area contributed by atoms with Crippen molar-refractivity contribution in [1.82, 2.24) is 4.90 Å². The van der Waals surface area contributed by atoms with Crippen LogP contribution in [0.4, 0.5) is 5.69 Å². The van der Waals surface area contributed by atoms with Gasteiger partial charge in [0.05, 0.1) is 24.8 Å². The molecule has 1 aliphatic rings. The molecule has 28 heavy (non-hydrogen) atoms. The fourth-order valence-corrected chi connectivity index (χ4v) is 3.22. The van der Waals surface area contributed by atoms with Crippen LogP contribution >= 0.6 is 0 Å². The molecule has 1 heterocycles. The van der Waals surface area contributed by atoms with Crippen molar-refractivity contribution in [2.75, 3.05) is 31.6 Å². The van der Waals surface area contributed by atoms with Gasteiger partial charge in [0.1, 0.15) is 5.75 Å². The Kier molecular flexibility index (Phi) is 6.89. The van der Waals surface area contributed by atoms with Crippen LogP contribution in [-0.2, 0) is 14.3 Å². The number of carbonyl (C=O) groups is 2. The van der Waals surface area contributed by atoms with Crippen LogP contribution in [0.25, 0.3) is 0 Å². The summed E-state index contributed by atoms with van der Waals surface area (Å²) >= 11 is 0. The van der Waals surface area contributed by atoms with Crippen LogP contribution in [0, 0.1) is 5.92 Å². The largest absolute Gasteiger partial charge is 0.466 e. The van der Waals surface area contributed by atoms with Crippen LogP contribution in [-0.4, -0.2) is 43.0 Å². The van der Waals surface area contributed by atoms with Gasteiger partial charge in [-0.05, 0) is 44.0 Å². The fraction of sp³-hybridized carbons (Fsp3) is 0.364. The molecule has 2 aromatic rings. The highest BCUT2D eigenvalue weighted by atomic mass is 16.5. The van der Waals surface area contributed by atoms with Crippen LogP contribution in [0.15, 0.2) is 54.6 Å². The average molecular weight is 382 g/mol. The van der Waals surface area contributed by atoms with Crippen molar-refractivity contribution in [3.63, 3.8) is 0 Å². The molecule has 1 N–H and O–H groups in total. The predicted molar refractivity (Wildman–Crippen MR) is 107 cm³/mol. The first-order valence-electron chi connectivity index (χ1n) is 9.67. The smallest absolute Gasteiger partial charge is 0.309 e. The number of para-hydroxylation sites is 3. The van der Waals surface area contributed by atoms with E-state index in [0.29, 0.717) is 38.3 Å². The van der Waals surface area contributed by atoms with Gasteiger partial charge in [0.25, 0.3) is 0 Å². The Balaban J connectivity index is 1.52. The van der Waals surface area contributed by atoms with E-state index in [0.717, 1.165) is 11.4 Å². The summed E-state index contributed by atoms with van der Waals surface area (Å²) in [5.41, 5.74) is 0.765. The molecule has 0 aliphatic carbocycles. The molecule has 6 nitrogen and oxygen atoms in total. The molecule has 0 atom stereocenters. The number of likely N-dealkylation sites (tertiary alicyclic amines) is 1. The summed E-state index contributed by atoms with van der Waals surface area (Å²) in [7, 11) is 0. The van der Waals surface area contributed by atoms with E-state index >= 15 is 0 Å². The Morgan fingerprint density at radius 2 is 1.71 bits per heavy atom. The minimum atomic E-state index is -0.153. The number of anilines is 1. The molecule has 1 amide bonds. The van der Waals surface area contributed by atoms with Gasteiger partial charge in [-0.1, -0.05) is 30.3 Å². The lowest BCUT2D eigenvalue weighted by molar-refractivity contribution is -0.151. The lowest BCUT2D eigenvalue weighted by Crippen LogP contribution is -2.43. The molecule has 1 saturated heterocycles. The van der Waals surface area contributed by atoms with Gasteiger partial charge in [-0.2, -0.15) is 0 Å². The zero-order chi connectivity index (χ0) is 19.8. The molecule has 1 fully saturated rings. The normalized spacial score (nSPS) is 14.4. The third kappa shape index (κ3) is 5.25. The first-order valence-corrected chi connectivity index (χ1v) is 9.67. The number of rotatable bonds is 7. The number of hydrogen-bond donors (Lipinski definition) is 1. The topological polar surface area (TPSA) is 67.9 Å². The Bertz CT molecular complexity index is 786. The summed E-state index contributed by atoms with van der Waals surface area (Å²) in [6, 6.07) is 17.1. The molecule has 0 spiro atoms. The van der Waals surface area contributed by atoms with Crippen molar-refractivity contribution in [3.05, 3.63) is 54.6 Å². The van der Waals surface area contributed by atoms with E-state index in [1.807, 2.05) is 61.5 Å². The van der Waals surface area contributed by atoms with Crippen molar-refractivity contribution >= 4 is 17.6 Å². The van der Waals surface area contributed by atoms with Gasteiger partial charge in [0, 0.05) is 13.1 Å². The SMILES string of the molecule is CCOC(=O)C1CCN(C(=O)CNc2ccccc2Oc2ccccc2)CC1. The average Bonchev–Trinajstić information content (AvgIpc) is 2.74. The summed E-state index contributed by atoms with van der Waals surface area (Å²) in [6.45, 7) is 3.53. The number of piperidine rings is 1. The molecule has 6 heteroatoms. The summed E-state index contributed by atoms with van der Waals surface area (Å²) in [6.07, 6.45) is 1.30. The minimum absolute atomic E-state index is 0.0109. The Morgan fingerprint density at radius 3 is 2.43 bits per heavy atom. The van der Waals surface area contributed by atoms with E-state index in [9.17, 15) is 9.59 Å². The van der Waals surface area contributed by atoms with Gasteiger partial charge in [0.2, 0.25) is 5.91 Å². The van der Waals surface area contributed by atoms with Crippen LogP contribution in [0.3, 0.4) is 0 Å². The highest BCUT2D eigenvalue weighted by Crippen LogP contribution is 2.29. The molecule has 3 rings (SSSR count). The maximum absolute atomic E-state index is 12.5. The van der Waals surface area contributed by atoms with E-state index in [4.69, 9.17) is 9.47 Å². The molecule has 0 saturated carbocycles. The van der Waals surface area contributed by atoms with Crippen molar-refractivity contribution < 1.29 is 19.1 Å². The second-order valence-electron chi connectivity index (χ2n) is 6.67. The van der Waals surface area contributed by atoms with Gasteiger partial charge in [-0.3, -0.25) is 9.59 Å². The molecular formula is C22H26N2O4. The minimum Gasteiger partial charge on any atom is -0.466 e. The number of esters is 1. The van der Waals surface area contributed by atoms with Gasteiger partial charge < -0.3 is 19.7 Å². The van der Waals surface area contributed by atoms with Crippen molar-refractivity contribution in [1.29, 1.82) is 0 Å². The summed E-state index contributed by atoms with van der Waals surface area (Å²) in [5.74, 6) is 1.17. The molecule has 1 aliphatic heterocycles. The van der Waals surface area contributed by atoms with Crippen LogP contribution in [0.5, 0.6) is 11.5 Å². The first-order chi connectivity index (χ1) is 13.7. The zero-order valence-corrected chi connectivity index (χ0v) is 16.1. The summed E-state index contributed by atoms with van der Waals surface area (Å²) in [4.78, 5) is 26.2. The van der Waals surface area contributed by atoms with E-state index in [1.54, 1.807) is 4.90 Å². The van der Waals surface area contributed by atoms with E-state index in [2.05, 4.69) is 5.32 Å². The van der Waals surface area contributed by atoms with Crippen LogP contribution < -0.4 is 10.1 Å². The molecule has 0 aromatic heterocycles. The molecular weight excluding hydrogens is 356 g/mol. The highest BCUT2D eigenvalue weighted by Gasteiger charge is 2.28. The number of nitrogens with one attached hydrogen (secondary N) is 1. The number of nitrogens with zero attached hydrogens (tertiary/aromatic N) is 1. The lowest BCUT2D eigenvalue weighted by Gasteiger charge is -2.31. The number of amides is 1. The molecule has 0 unspecified atom stereocenters. The Hall–Kier alpha value is -3.02. The second-order valence-corrected chi connectivity index (χ2v) is 6.67.